The fourth-order valence-corrected chi connectivity index (χ4v) is 6.32. The van der Waals surface area contributed by atoms with Crippen molar-refractivity contribution in [2.45, 2.75) is 64.5 Å². The van der Waals surface area contributed by atoms with Crippen molar-refractivity contribution in [2.24, 2.45) is 23.4 Å². The smallest absolute Gasteiger partial charge is 0.307 e. The Balaban J connectivity index is 1.75. The van der Waals surface area contributed by atoms with E-state index in [-0.39, 0.29) is 36.4 Å². The van der Waals surface area contributed by atoms with E-state index in [1.165, 1.54) is 0 Å². The fraction of sp³-hybridized carbons (Fsp3) is 0.593. The van der Waals surface area contributed by atoms with Gasteiger partial charge in [-0.1, -0.05) is 24.4 Å². The maximum atomic E-state index is 14.0. The molecule has 1 aliphatic carbocycles. The first-order valence-corrected chi connectivity index (χ1v) is 14.0. The Hall–Kier alpha value is -3.12. The van der Waals surface area contributed by atoms with Gasteiger partial charge in [0.2, 0.25) is 11.8 Å². The van der Waals surface area contributed by atoms with E-state index in [1.807, 2.05) is 0 Å². The van der Waals surface area contributed by atoms with E-state index in [2.05, 4.69) is 0 Å². The number of alkyl halides is 2. The van der Waals surface area contributed by atoms with Crippen molar-refractivity contribution in [1.82, 2.24) is 14.8 Å². The number of hydrazine groups is 1. The van der Waals surface area contributed by atoms with Crippen molar-refractivity contribution in [1.29, 1.82) is 0 Å². The number of carboxylic acids is 1. The van der Waals surface area contributed by atoms with Crippen molar-refractivity contribution in [3.05, 3.63) is 39.7 Å². The molecule has 0 spiro atoms. The first-order chi connectivity index (χ1) is 19.1. The van der Waals surface area contributed by atoms with Gasteiger partial charge in [-0.3, -0.25) is 14.4 Å². The highest BCUT2D eigenvalue weighted by molar-refractivity contribution is 6.31. The van der Waals surface area contributed by atoms with Crippen LogP contribution in [0.2, 0.25) is 5.02 Å². The minimum Gasteiger partial charge on any atom is -0.487 e. The van der Waals surface area contributed by atoms with Crippen LogP contribution in [0, 0.1) is 11.8 Å². The molecule has 2 amide bonds. The normalized spacial score (nSPS) is 23.6. The first-order valence-electron chi connectivity index (χ1n) is 13.6. The number of carboxylic acid groups (broad SMARTS) is 1. The molecule has 3 atom stereocenters. The van der Waals surface area contributed by atoms with Crippen molar-refractivity contribution in [3.63, 3.8) is 0 Å². The van der Waals surface area contributed by atoms with Gasteiger partial charge in [-0.05, 0) is 50.3 Å². The van der Waals surface area contributed by atoms with Crippen LogP contribution in [0.25, 0.3) is 0 Å². The zero-order chi connectivity index (χ0) is 29.1. The van der Waals surface area contributed by atoms with E-state index in [0.717, 1.165) is 17.9 Å². The summed E-state index contributed by atoms with van der Waals surface area (Å²) in [6.45, 7) is 1.92. The summed E-state index contributed by atoms with van der Waals surface area (Å²) in [5.74, 6) is 2.95. The average molecular weight is 584 g/mol. The Morgan fingerprint density at radius 3 is 2.48 bits per heavy atom. The van der Waals surface area contributed by atoms with Crippen LogP contribution in [0.3, 0.4) is 0 Å². The molecule has 13 heteroatoms. The standard InChI is InChI=1S/C27H36ClF2N5O5/c1-2-35(32)23(24(29)30)19(31)14-40-20-10-9-18(28)17-11-13-34(25(22(17)20)33-12-5-8-21(33)36)26(37)15-6-3-4-7-16(15)27(38)39/h9-10,15-16,24-25H,2-8,11-14,31-32H2,1H3,(H,38,39)/b23-19-. The summed E-state index contributed by atoms with van der Waals surface area (Å²) in [6.07, 6.45) is -0.206. The largest absolute Gasteiger partial charge is 0.487 e. The molecule has 1 aromatic rings. The minimum atomic E-state index is -2.92. The Morgan fingerprint density at radius 2 is 1.88 bits per heavy atom. The number of hydrogen-bond donors (Lipinski definition) is 3. The summed E-state index contributed by atoms with van der Waals surface area (Å²) in [5, 5.41) is 11.1. The number of carbonyl (C=O) groups is 3. The van der Waals surface area contributed by atoms with Crippen LogP contribution in [0.5, 0.6) is 5.75 Å². The molecule has 3 aliphatic rings. The third kappa shape index (κ3) is 5.83. The molecular formula is C27H36ClF2N5O5. The minimum absolute atomic E-state index is 0.103. The predicted molar refractivity (Wildman–Crippen MR) is 143 cm³/mol. The predicted octanol–water partition coefficient (Wildman–Crippen LogP) is 3.25. The van der Waals surface area contributed by atoms with E-state index < -0.39 is 42.7 Å². The lowest BCUT2D eigenvalue weighted by atomic mass is 9.78. The van der Waals surface area contributed by atoms with Crippen LogP contribution >= 0.6 is 11.6 Å². The zero-order valence-corrected chi connectivity index (χ0v) is 23.2. The molecule has 2 fully saturated rings. The number of aliphatic carboxylic acids is 1. The van der Waals surface area contributed by atoms with Gasteiger partial charge in [0, 0.05) is 36.6 Å². The summed E-state index contributed by atoms with van der Waals surface area (Å²) < 4.78 is 33.4. The van der Waals surface area contributed by atoms with Crippen molar-refractivity contribution in [2.75, 3.05) is 26.2 Å². The molecule has 3 unspecified atom stereocenters. The van der Waals surface area contributed by atoms with Gasteiger partial charge in [0.05, 0.1) is 17.5 Å². The van der Waals surface area contributed by atoms with E-state index in [0.29, 0.717) is 54.8 Å². The number of halogens is 3. The fourth-order valence-electron chi connectivity index (χ4n) is 6.06. The lowest BCUT2D eigenvalue weighted by Gasteiger charge is -2.45. The number of amides is 2. The van der Waals surface area contributed by atoms with Gasteiger partial charge in [-0.25, -0.2) is 14.6 Å². The third-order valence-electron chi connectivity index (χ3n) is 8.07. The zero-order valence-electron chi connectivity index (χ0n) is 22.5. The monoisotopic (exact) mass is 583 g/mol. The van der Waals surface area contributed by atoms with E-state index in [9.17, 15) is 28.3 Å². The molecule has 4 rings (SSSR count). The number of hydrogen-bond acceptors (Lipinski definition) is 7. The Kier molecular flexibility index (Phi) is 9.40. The third-order valence-corrected chi connectivity index (χ3v) is 8.43. The van der Waals surface area contributed by atoms with E-state index >= 15 is 0 Å². The Bertz CT molecular complexity index is 1180. The molecule has 10 nitrogen and oxygen atoms in total. The molecule has 1 saturated heterocycles. The second-order valence-corrected chi connectivity index (χ2v) is 10.8. The maximum Gasteiger partial charge on any atom is 0.307 e. The molecule has 2 aliphatic heterocycles. The number of ether oxygens (including phenoxy) is 1. The highest BCUT2D eigenvalue weighted by Crippen LogP contribution is 2.45. The highest BCUT2D eigenvalue weighted by Gasteiger charge is 2.46. The number of fused-ring (bicyclic) bond motifs is 1. The molecular weight excluding hydrogens is 548 g/mol. The van der Waals surface area contributed by atoms with Gasteiger partial charge in [0.15, 0.2) is 0 Å². The van der Waals surface area contributed by atoms with Crippen LogP contribution in [0.4, 0.5) is 8.78 Å². The van der Waals surface area contributed by atoms with Gasteiger partial charge < -0.3 is 30.4 Å². The van der Waals surface area contributed by atoms with Crippen LogP contribution in [-0.2, 0) is 20.8 Å². The van der Waals surface area contributed by atoms with Crippen molar-refractivity contribution < 1.29 is 33.0 Å². The summed E-state index contributed by atoms with van der Waals surface area (Å²) in [4.78, 5) is 42.2. The van der Waals surface area contributed by atoms with Crippen molar-refractivity contribution >= 4 is 29.4 Å². The molecule has 2 heterocycles. The molecule has 0 radical (unpaired) electrons. The summed E-state index contributed by atoms with van der Waals surface area (Å²) >= 11 is 6.58. The molecule has 220 valence electrons. The molecule has 0 bridgehead atoms. The second-order valence-electron chi connectivity index (χ2n) is 10.4. The molecule has 1 saturated carbocycles. The summed E-state index contributed by atoms with van der Waals surface area (Å²) in [5.41, 5.74) is 6.34. The highest BCUT2D eigenvalue weighted by atomic mass is 35.5. The molecule has 40 heavy (non-hydrogen) atoms. The quantitative estimate of drug-likeness (QED) is 0.297. The number of rotatable bonds is 9. The number of carbonyl (C=O) groups excluding carboxylic acids is 2. The van der Waals surface area contributed by atoms with E-state index in [1.54, 1.807) is 28.9 Å². The second kappa shape index (κ2) is 12.6. The number of nitrogens with zero attached hydrogens (tertiary/aromatic N) is 3. The number of allylic oxidation sites excluding steroid dienone is 1. The Labute approximate surface area is 236 Å². The van der Waals surface area contributed by atoms with Crippen LogP contribution < -0.4 is 16.3 Å². The van der Waals surface area contributed by atoms with Gasteiger partial charge >= 0.3 is 5.97 Å². The molecule has 5 N–H and O–H groups in total. The van der Waals surface area contributed by atoms with Crippen molar-refractivity contribution in [3.8, 4) is 5.75 Å². The maximum absolute atomic E-state index is 14.0. The van der Waals surface area contributed by atoms with Gasteiger partial charge in [-0.2, -0.15) is 0 Å². The molecule has 0 aromatic heterocycles. The number of benzene rings is 1. The van der Waals surface area contributed by atoms with Crippen LogP contribution in [0.15, 0.2) is 23.5 Å². The van der Waals surface area contributed by atoms with Gasteiger partial charge in [0.1, 0.15) is 24.2 Å². The lowest BCUT2D eigenvalue weighted by molar-refractivity contribution is -0.157. The van der Waals surface area contributed by atoms with E-state index in [4.69, 9.17) is 27.9 Å². The van der Waals surface area contributed by atoms with Crippen LogP contribution in [-0.4, -0.2) is 70.4 Å². The average Bonchev–Trinajstić information content (AvgIpc) is 3.36. The Morgan fingerprint density at radius 1 is 1.18 bits per heavy atom. The molecule has 1 aromatic carbocycles. The number of likely N-dealkylation sites (tertiary alicyclic amines) is 1. The SMILES string of the molecule is CCN(N)/C(=C(\N)COc1ccc(Cl)c2c1C(N1CCCC1=O)N(C(=O)C1CCCCC1C(=O)O)CC2)C(F)F. The topological polar surface area (TPSA) is 142 Å². The number of nitrogens with two attached hydrogens (primary N) is 2. The van der Waals surface area contributed by atoms with Crippen LogP contribution in [0.1, 0.15) is 62.7 Å². The summed E-state index contributed by atoms with van der Waals surface area (Å²) in [7, 11) is 0. The van der Waals surface area contributed by atoms with Gasteiger partial charge in [0.25, 0.3) is 6.43 Å². The van der Waals surface area contributed by atoms with Gasteiger partial charge in [-0.15, -0.1) is 0 Å². The first kappa shape index (κ1) is 29.9. The lowest BCUT2D eigenvalue weighted by Crippen LogP contribution is -2.52. The summed E-state index contributed by atoms with van der Waals surface area (Å²) in [6, 6.07) is 3.19.